The van der Waals surface area contributed by atoms with Gasteiger partial charge in [0.05, 0.1) is 6.61 Å². The number of rotatable bonds is 8. The molecule has 144 valence electrons. The summed E-state index contributed by atoms with van der Waals surface area (Å²) < 4.78 is 4.91. The number of amides is 1. The van der Waals surface area contributed by atoms with Crippen LogP contribution in [0.1, 0.15) is 53.9 Å². The average Bonchev–Trinajstić information content (AvgIpc) is 2.54. The lowest BCUT2D eigenvalue weighted by molar-refractivity contribution is -0.116. The van der Waals surface area contributed by atoms with Gasteiger partial charge in [-0.2, -0.15) is 0 Å². The molecule has 3 nitrogen and oxygen atoms in total. The highest BCUT2D eigenvalue weighted by Crippen LogP contribution is 2.40. The van der Waals surface area contributed by atoms with Crippen LogP contribution in [-0.2, 0) is 9.53 Å². The Morgan fingerprint density at radius 3 is 2.62 bits per heavy atom. The van der Waals surface area contributed by atoms with Crippen LogP contribution in [0, 0.1) is 5.41 Å². The Hall–Kier alpha value is -1.87. The lowest BCUT2D eigenvalue weighted by Gasteiger charge is -2.32. The van der Waals surface area contributed by atoms with E-state index in [-0.39, 0.29) is 11.3 Å². The van der Waals surface area contributed by atoms with Crippen LogP contribution in [0.3, 0.4) is 0 Å². The smallest absolute Gasteiger partial charge is 0.244 e. The standard InChI is InChI=1S/C23H35NO2/c1-18(12-13-21-20(3)11-8-14-23(21,4)5)9-7-10-19(2)17-22(25)24-15-16-26-6/h7,9-10,12-13,17H,8,11,14-16H2,1-6H3,(H,24,25)/b10-7+,13-12+,18-9+,19-17+. The van der Waals surface area contributed by atoms with Crippen LogP contribution < -0.4 is 5.32 Å². The molecule has 0 aromatic carbocycles. The molecule has 26 heavy (non-hydrogen) atoms. The Kier molecular flexibility index (Phi) is 9.36. The van der Waals surface area contributed by atoms with Crippen molar-refractivity contribution in [2.75, 3.05) is 20.3 Å². The van der Waals surface area contributed by atoms with Gasteiger partial charge in [0, 0.05) is 19.7 Å². The minimum atomic E-state index is -0.0910. The van der Waals surface area contributed by atoms with Crippen LogP contribution in [0.2, 0.25) is 0 Å². The fourth-order valence-electron chi connectivity index (χ4n) is 3.21. The van der Waals surface area contributed by atoms with Crippen molar-refractivity contribution in [1.29, 1.82) is 0 Å². The molecule has 0 unspecified atom stereocenters. The zero-order valence-corrected chi connectivity index (χ0v) is 17.3. The Balaban J connectivity index is 2.64. The molecule has 1 aliphatic carbocycles. The van der Waals surface area contributed by atoms with Crippen molar-refractivity contribution in [3.63, 3.8) is 0 Å². The van der Waals surface area contributed by atoms with E-state index in [1.807, 2.05) is 19.1 Å². The summed E-state index contributed by atoms with van der Waals surface area (Å²) >= 11 is 0. The second kappa shape index (κ2) is 11.0. The van der Waals surface area contributed by atoms with Crippen molar-refractivity contribution in [3.05, 3.63) is 58.7 Å². The first-order valence-electron chi connectivity index (χ1n) is 9.44. The SMILES string of the molecule is COCCNC(=O)/C=C(C)/C=C/C=C(C)/C=C/C1=C(C)CCCC1(C)C. The third kappa shape index (κ3) is 8.01. The number of carbonyl (C=O) groups is 1. The van der Waals surface area contributed by atoms with Crippen molar-refractivity contribution in [2.45, 2.75) is 53.9 Å². The molecule has 0 fully saturated rings. The maximum absolute atomic E-state index is 11.7. The van der Waals surface area contributed by atoms with Gasteiger partial charge in [-0.1, -0.05) is 55.4 Å². The minimum Gasteiger partial charge on any atom is -0.383 e. The number of hydrogen-bond acceptors (Lipinski definition) is 2. The second-order valence-electron chi connectivity index (χ2n) is 7.71. The Bertz CT molecular complexity index is 631. The number of ether oxygens (including phenoxy) is 1. The highest BCUT2D eigenvalue weighted by atomic mass is 16.5. The maximum atomic E-state index is 11.7. The Labute approximate surface area is 159 Å². The molecule has 0 spiro atoms. The number of methoxy groups -OCH3 is 1. The molecule has 0 bridgehead atoms. The van der Waals surface area contributed by atoms with Crippen LogP contribution in [0.4, 0.5) is 0 Å². The van der Waals surface area contributed by atoms with Crippen molar-refractivity contribution in [1.82, 2.24) is 5.32 Å². The van der Waals surface area contributed by atoms with E-state index in [1.54, 1.807) is 13.2 Å². The van der Waals surface area contributed by atoms with Crippen LogP contribution in [0.25, 0.3) is 0 Å². The first-order chi connectivity index (χ1) is 12.3. The van der Waals surface area contributed by atoms with Gasteiger partial charge in [0.25, 0.3) is 0 Å². The lowest BCUT2D eigenvalue weighted by atomic mass is 9.72. The first kappa shape index (κ1) is 22.2. The zero-order valence-electron chi connectivity index (χ0n) is 17.3. The van der Waals surface area contributed by atoms with Gasteiger partial charge in [-0.05, 0) is 56.6 Å². The van der Waals surface area contributed by atoms with Crippen molar-refractivity contribution in [2.24, 2.45) is 5.41 Å². The van der Waals surface area contributed by atoms with Crippen LogP contribution in [0.5, 0.6) is 0 Å². The van der Waals surface area contributed by atoms with Gasteiger partial charge < -0.3 is 10.1 Å². The van der Waals surface area contributed by atoms with E-state index in [0.29, 0.717) is 13.2 Å². The molecule has 3 heteroatoms. The summed E-state index contributed by atoms with van der Waals surface area (Å²) in [4.78, 5) is 11.7. The molecule has 1 rings (SSSR count). The van der Waals surface area contributed by atoms with E-state index in [0.717, 1.165) is 5.57 Å². The fraction of sp³-hybridized carbons (Fsp3) is 0.522. The molecule has 0 aliphatic heterocycles. The maximum Gasteiger partial charge on any atom is 0.244 e. The quantitative estimate of drug-likeness (QED) is 0.364. The van der Waals surface area contributed by atoms with E-state index in [1.165, 1.54) is 36.0 Å². The molecule has 0 aromatic heterocycles. The monoisotopic (exact) mass is 357 g/mol. The summed E-state index contributed by atoms with van der Waals surface area (Å²) in [5.41, 5.74) is 5.37. The molecule has 0 atom stereocenters. The molecule has 0 saturated carbocycles. The van der Waals surface area contributed by atoms with E-state index in [2.05, 4.69) is 51.2 Å². The fourth-order valence-corrected chi connectivity index (χ4v) is 3.21. The summed E-state index contributed by atoms with van der Waals surface area (Å²) in [6.07, 6.45) is 15.8. The summed E-state index contributed by atoms with van der Waals surface area (Å²) in [5.74, 6) is -0.0910. The van der Waals surface area contributed by atoms with Gasteiger partial charge in [0.1, 0.15) is 0 Å². The molecule has 0 heterocycles. The van der Waals surface area contributed by atoms with Gasteiger partial charge >= 0.3 is 0 Å². The van der Waals surface area contributed by atoms with Crippen LogP contribution in [0.15, 0.2) is 58.7 Å². The van der Waals surface area contributed by atoms with E-state index < -0.39 is 0 Å². The summed E-state index contributed by atoms with van der Waals surface area (Å²) in [5, 5.41) is 2.78. The van der Waals surface area contributed by atoms with Crippen LogP contribution >= 0.6 is 0 Å². The van der Waals surface area contributed by atoms with Gasteiger partial charge in [-0.15, -0.1) is 0 Å². The van der Waals surface area contributed by atoms with Gasteiger partial charge in [0.15, 0.2) is 0 Å². The van der Waals surface area contributed by atoms with Crippen LogP contribution in [-0.4, -0.2) is 26.2 Å². The molecule has 0 aromatic rings. The number of allylic oxidation sites excluding steroid dienone is 9. The molecule has 1 N–H and O–H groups in total. The normalized spacial score (nSPS) is 18.8. The average molecular weight is 358 g/mol. The highest BCUT2D eigenvalue weighted by Gasteiger charge is 2.26. The molecule has 1 aliphatic rings. The summed E-state index contributed by atoms with van der Waals surface area (Å²) in [7, 11) is 1.62. The van der Waals surface area contributed by atoms with Crippen molar-refractivity contribution < 1.29 is 9.53 Å². The van der Waals surface area contributed by atoms with E-state index >= 15 is 0 Å². The number of carbonyl (C=O) groups excluding carboxylic acids is 1. The Morgan fingerprint density at radius 2 is 1.96 bits per heavy atom. The van der Waals surface area contributed by atoms with Gasteiger partial charge in [-0.25, -0.2) is 0 Å². The lowest BCUT2D eigenvalue weighted by Crippen LogP contribution is -2.25. The molecule has 0 saturated heterocycles. The van der Waals surface area contributed by atoms with Crippen molar-refractivity contribution >= 4 is 5.91 Å². The number of hydrogen-bond donors (Lipinski definition) is 1. The summed E-state index contributed by atoms with van der Waals surface area (Å²) in [6, 6.07) is 0. The van der Waals surface area contributed by atoms with Gasteiger partial charge in [0.2, 0.25) is 5.91 Å². The summed E-state index contributed by atoms with van der Waals surface area (Å²) in [6.45, 7) is 12.0. The Morgan fingerprint density at radius 1 is 1.23 bits per heavy atom. The third-order valence-electron chi connectivity index (χ3n) is 4.74. The first-order valence-corrected chi connectivity index (χ1v) is 9.44. The molecular weight excluding hydrogens is 322 g/mol. The second-order valence-corrected chi connectivity index (χ2v) is 7.71. The van der Waals surface area contributed by atoms with E-state index in [9.17, 15) is 4.79 Å². The molecule has 0 radical (unpaired) electrons. The third-order valence-corrected chi connectivity index (χ3v) is 4.74. The minimum absolute atomic E-state index is 0.0910. The predicted octanol–water partition coefficient (Wildman–Crippen LogP) is 5.28. The largest absolute Gasteiger partial charge is 0.383 e. The van der Waals surface area contributed by atoms with Crippen molar-refractivity contribution in [3.8, 4) is 0 Å². The highest BCUT2D eigenvalue weighted by molar-refractivity contribution is 5.88. The predicted molar refractivity (Wildman–Crippen MR) is 111 cm³/mol. The molecular formula is C23H35NO2. The zero-order chi connectivity index (χ0) is 19.6. The topological polar surface area (TPSA) is 38.3 Å². The molecule has 1 amide bonds. The number of nitrogens with one attached hydrogen (secondary N) is 1. The van der Waals surface area contributed by atoms with E-state index in [4.69, 9.17) is 4.74 Å². The van der Waals surface area contributed by atoms with Gasteiger partial charge in [-0.3, -0.25) is 4.79 Å².